The molecule has 39 heavy (non-hydrogen) atoms. The van der Waals surface area contributed by atoms with Crippen molar-refractivity contribution in [2.75, 3.05) is 12.4 Å². The Hall–Kier alpha value is -3.95. The standard InChI is InChI=1S/C24H32N10O5/c1-6-24(3,4)8-13-10-34(32-30-13)23-28-19(26-9-14-7-12(2)31-39-14)15-20(29-23)33(11-27-15)22-17(36)16(35)18(38-22)21(37)25-5/h7,10-11,16-18,22,35-36H,6,8-9H2,1-5H3,(H,25,37)(H,26,28,29)/t16-,17+,18-,22?/m0/s1. The Kier molecular flexibility index (Phi) is 7.05. The predicted molar refractivity (Wildman–Crippen MR) is 137 cm³/mol. The largest absolute Gasteiger partial charge is 0.387 e. The molecule has 4 N–H and O–H groups in total. The maximum atomic E-state index is 12.2. The second-order valence-corrected chi connectivity index (χ2v) is 10.4. The van der Waals surface area contributed by atoms with Crippen LogP contribution in [0.15, 0.2) is 23.1 Å². The Morgan fingerprint density at radius 1 is 1.23 bits per heavy atom. The zero-order valence-electron chi connectivity index (χ0n) is 22.4. The van der Waals surface area contributed by atoms with E-state index in [0.29, 0.717) is 17.1 Å². The molecule has 4 aromatic heterocycles. The number of carbonyl (C=O) groups excluding carboxylic acids is 1. The molecular formula is C24H32N10O5. The summed E-state index contributed by atoms with van der Waals surface area (Å²) in [6.07, 6.45) is -0.362. The summed E-state index contributed by atoms with van der Waals surface area (Å²) in [6, 6.07) is 1.80. The maximum Gasteiger partial charge on any atom is 0.256 e. The van der Waals surface area contributed by atoms with E-state index in [2.05, 4.69) is 61.8 Å². The molecule has 4 aromatic rings. The van der Waals surface area contributed by atoms with Crippen molar-refractivity contribution in [1.82, 2.24) is 45.0 Å². The van der Waals surface area contributed by atoms with Crippen LogP contribution in [0.3, 0.4) is 0 Å². The number of hydrogen-bond acceptors (Lipinski definition) is 12. The lowest BCUT2D eigenvalue weighted by molar-refractivity contribution is -0.137. The highest BCUT2D eigenvalue weighted by molar-refractivity contribution is 5.84. The number of hydrogen-bond donors (Lipinski definition) is 4. The summed E-state index contributed by atoms with van der Waals surface area (Å²) >= 11 is 0. The first-order valence-corrected chi connectivity index (χ1v) is 12.7. The van der Waals surface area contributed by atoms with Crippen LogP contribution in [-0.2, 0) is 22.5 Å². The number of carbonyl (C=O) groups is 1. The van der Waals surface area contributed by atoms with Gasteiger partial charge >= 0.3 is 0 Å². The van der Waals surface area contributed by atoms with E-state index < -0.39 is 30.4 Å². The van der Waals surface area contributed by atoms with Crippen LogP contribution >= 0.6 is 0 Å². The number of amides is 1. The first-order chi connectivity index (χ1) is 18.6. The van der Waals surface area contributed by atoms with Gasteiger partial charge < -0.3 is 30.1 Å². The van der Waals surface area contributed by atoms with Gasteiger partial charge in [-0.1, -0.05) is 37.6 Å². The van der Waals surface area contributed by atoms with Crippen LogP contribution in [0, 0.1) is 12.3 Å². The fourth-order valence-corrected chi connectivity index (χ4v) is 4.33. The number of imidazole rings is 1. The molecule has 0 spiro atoms. The molecule has 0 radical (unpaired) electrons. The molecule has 1 saturated heterocycles. The molecule has 5 heterocycles. The van der Waals surface area contributed by atoms with Crippen molar-refractivity contribution in [3.8, 4) is 5.95 Å². The van der Waals surface area contributed by atoms with Gasteiger partial charge in [-0.2, -0.15) is 14.6 Å². The Balaban J connectivity index is 1.55. The minimum Gasteiger partial charge on any atom is -0.387 e. The van der Waals surface area contributed by atoms with Crippen LogP contribution in [0.2, 0.25) is 0 Å². The van der Waals surface area contributed by atoms with E-state index in [1.54, 1.807) is 12.3 Å². The van der Waals surface area contributed by atoms with Gasteiger partial charge in [0.05, 0.1) is 30.5 Å². The van der Waals surface area contributed by atoms with Crippen LogP contribution in [0.4, 0.5) is 5.82 Å². The minimum atomic E-state index is -1.44. The van der Waals surface area contributed by atoms with Crippen molar-refractivity contribution in [3.63, 3.8) is 0 Å². The minimum absolute atomic E-state index is 0.0460. The van der Waals surface area contributed by atoms with Crippen molar-refractivity contribution in [3.05, 3.63) is 35.7 Å². The highest BCUT2D eigenvalue weighted by atomic mass is 16.6. The third-order valence-electron chi connectivity index (χ3n) is 6.90. The van der Waals surface area contributed by atoms with Gasteiger partial charge in [-0.05, 0) is 18.8 Å². The van der Waals surface area contributed by atoms with Gasteiger partial charge in [0.2, 0.25) is 0 Å². The number of fused-ring (bicyclic) bond motifs is 1. The SMILES string of the molecule is CCC(C)(C)Cc1cn(-c2nc(NCc3cc(C)no3)c3ncn(C4O[C@H](C(=O)NC)[C@@H](O)[C@H]4O)c3n2)nn1. The van der Waals surface area contributed by atoms with Gasteiger partial charge in [-0.25, -0.2) is 4.98 Å². The number of nitrogens with one attached hydrogen (secondary N) is 2. The molecule has 15 heteroatoms. The fraction of sp³-hybridized carbons (Fsp3) is 0.542. The zero-order chi connectivity index (χ0) is 27.9. The van der Waals surface area contributed by atoms with E-state index >= 15 is 0 Å². The van der Waals surface area contributed by atoms with Gasteiger partial charge in [0, 0.05) is 13.1 Å². The number of aromatic nitrogens is 8. The molecule has 0 bridgehead atoms. The first-order valence-electron chi connectivity index (χ1n) is 12.7. The van der Waals surface area contributed by atoms with Crippen LogP contribution < -0.4 is 10.6 Å². The molecule has 15 nitrogen and oxygen atoms in total. The summed E-state index contributed by atoms with van der Waals surface area (Å²) in [5.74, 6) is 0.601. The average molecular weight is 541 g/mol. The summed E-state index contributed by atoms with van der Waals surface area (Å²) in [5.41, 5.74) is 2.24. The summed E-state index contributed by atoms with van der Waals surface area (Å²) < 4.78 is 14.0. The first kappa shape index (κ1) is 26.6. The van der Waals surface area contributed by atoms with Crippen LogP contribution in [0.25, 0.3) is 17.1 Å². The predicted octanol–water partition coefficient (Wildman–Crippen LogP) is 0.659. The van der Waals surface area contributed by atoms with E-state index in [9.17, 15) is 15.0 Å². The Labute approximate surface area is 223 Å². The lowest BCUT2D eigenvalue weighted by atomic mass is 9.85. The second kappa shape index (κ2) is 10.3. The second-order valence-electron chi connectivity index (χ2n) is 10.4. The van der Waals surface area contributed by atoms with E-state index in [1.165, 1.54) is 22.6 Å². The molecule has 1 unspecified atom stereocenters. The van der Waals surface area contributed by atoms with E-state index in [4.69, 9.17) is 9.26 Å². The third-order valence-corrected chi connectivity index (χ3v) is 6.90. The normalized spacial score (nSPS) is 21.5. The smallest absolute Gasteiger partial charge is 0.256 e. The van der Waals surface area contributed by atoms with Crippen molar-refractivity contribution in [1.29, 1.82) is 0 Å². The van der Waals surface area contributed by atoms with Crippen LogP contribution in [0.5, 0.6) is 0 Å². The summed E-state index contributed by atoms with van der Waals surface area (Å²) in [7, 11) is 1.42. The van der Waals surface area contributed by atoms with Gasteiger partial charge in [-0.15, -0.1) is 5.10 Å². The molecule has 1 fully saturated rings. The quantitative estimate of drug-likeness (QED) is 0.232. The zero-order valence-corrected chi connectivity index (χ0v) is 22.4. The van der Waals surface area contributed by atoms with Gasteiger partial charge in [-0.3, -0.25) is 9.36 Å². The highest BCUT2D eigenvalue weighted by Crippen LogP contribution is 2.33. The highest BCUT2D eigenvalue weighted by Gasteiger charge is 2.47. The molecule has 1 amide bonds. The van der Waals surface area contributed by atoms with Crippen molar-refractivity contribution in [2.45, 2.75) is 71.6 Å². The number of likely N-dealkylation sites (N-methyl/N-ethyl adjacent to an activating group) is 1. The number of anilines is 1. The monoisotopic (exact) mass is 540 g/mol. The van der Waals surface area contributed by atoms with Crippen LogP contribution in [0.1, 0.15) is 50.6 Å². The lowest BCUT2D eigenvalue weighted by Gasteiger charge is -2.20. The number of ether oxygens (including phenoxy) is 1. The summed E-state index contributed by atoms with van der Waals surface area (Å²) in [5, 5.41) is 39.3. The molecule has 208 valence electrons. The lowest BCUT2D eigenvalue weighted by Crippen LogP contribution is -2.41. The molecule has 1 aliphatic heterocycles. The molecule has 0 saturated carbocycles. The van der Waals surface area contributed by atoms with Crippen LogP contribution in [-0.4, -0.2) is 81.1 Å². The third kappa shape index (κ3) is 5.20. The van der Waals surface area contributed by atoms with Gasteiger partial charge in [0.15, 0.2) is 35.1 Å². The number of rotatable bonds is 9. The Morgan fingerprint density at radius 3 is 2.72 bits per heavy atom. The maximum absolute atomic E-state index is 12.2. The van der Waals surface area contributed by atoms with E-state index in [0.717, 1.165) is 24.2 Å². The summed E-state index contributed by atoms with van der Waals surface area (Å²) in [6.45, 7) is 8.54. The van der Waals surface area contributed by atoms with Gasteiger partial charge in [0.25, 0.3) is 11.9 Å². The topological polar surface area (TPSA) is 191 Å². The average Bonchev–Trinajstić information content (AvgIpc) is 3.70. The van der Waals surface area contributed by atoms with Gasteiger partial charge in [0.1, 0.15) is 12.2 Å². The van der Waals surface area contributed by atoms with Crippen molar-refractivity contribution >= 4 is 22.9 Å². The van der Waals surface area contributed by atoms with E-state index in [-0.39, 0.29) is 23.6 Å². The molecular weight excluding hydrogens is 508 g/mol. The van der Waals surface area contributed by atoms with E-state index in [1.807, 2.05) is 6.92 Å². The number of aryl methyl sites for hydroxylation is 1. The molecule has 0 aliphatic carbocycles. The Morgan fingerprint density at radius 2 is 2.03 bits per heavy atom. The Bertz CT molecular complexity index is 1480. The molecule has 5 rings (SSSR count). The van der Waals surface area contributed by atoms with Crippen molar-refractivity contribution in [2.24, 2.45) is 5.41 Å². The molecule has 4 atom stereocenters. The molecule has 1 aliphatic rings. The molecule has 0 aromatic carbocycles. The summed E-state index contributed by atoms with van der Waals surface area (Å²) in [4.78, 5) is 25.9. The number of nitrogens with zero attached hydrogens (tertiary/aromatic N) is 8. The number of aliphatic hydroxyl groups is 2. The van der Waals surface area contributed by atoms with Crippen molar-refractivity contribution < 1.29 is 24.3 Å². The fourth-order valence-electron chi connectivity index (χ4n) is 4.33. The number of aliphatic hydroxyl groups excluding tert-OH is 2.